The Bertz CT molecular complexity index is 588. The first-order valence-electron chi connectivity index (χ1n) is 14.5. The van der Waals surface area contributed by atoms with Gasteiger partial charge in [0.25, 0.3) is 0 Å². The molecule has 2 atom stereocenters. The Morgan fingerprint density at radius 3 is 2.16 bits per heavy atom. The highest BCUT2D eigenvalue weighted by Gasteiger charge is 2.30. The van der Waals surface area contributed by atoms with Crippen LogP contribution in [0.4, 0.5) is 0 Å². The summed E-state index contributed by atoms with van der Waals surface area (Å²) in [6, 6.07) is 0. The maximum Gasteiger partial charge on any atom is -0.0185 e. The van der Waals surface area contributed by atoms with E-state index in [2.05, 4.69) is 51.7 Å². The maximum absolute atomic E-state index is 4.14. The molecule has 1 saturated carbocycles. The van der Waals surface area contributed by atoms with E-state index in [0.29, 0.717) is 11.3 Å². The summed E-state index contributed by atoms with van der Waals surface area (Å²) in [4.78, 5) is 0. The fourth-order valence-electron chi connectivity index (χ4n) is 7.07. The lowest BCUT2D eigenvalue weighted by Gasteiger charge is -2.36. The van der Waals surface area contributed by atoms with Crippen LogP contribution in [0.15, 0.2) is 36.5 Å². The number of rotatable bonds is 11. The molecule has 0 aromatic rings. The highest BCUT2D eigenvalue weighted by Crippen LogP contribution is 2.43. The van der Waals surface area contributed by atoms with Crippen molar-refractivity contribution < 1.29 is 0 Å². The van der Waals surface area contributed by atoms with Crippen LogP contribution in [0, 0.1) is 35.0 Å². The van der Waals surface area contributed by atoms with Crippen LogP contribution in [0.5, 0.6) is 0 Å². The van der Waals surface area contributed by atoms with Gasteiger partial charge in [0.2, 0.25) is 0 Å². The van der Waals surface area contributed by atoms with Crippen molar-refractivity contribution >= 4 is 0 Å². The standard InChI is InChI=1S/C32H54/c1-5-11-31(6-2)32(3,4)25-24-28-18-22-30(23-19-28)29-20-16-27(17-21-29)15-14-26-12-9-7-8-10-13-26/h6-8,20,26-28,30-31H,2,5,9-19,21-25H2,1,3-4H3/t27-,28?,30?,31-/m0/s1. The van der Waals surface area contributed by atoms with Crippen LogP contribution < -0.4 is 0 Å². The molecule has 0 N–H and O–H groups in total. The van der Waals surface area contributed by atoms with Gasteiger partial charge in [-0.2, -0.15) is 0 Å². The van der Waals surface area contributed by atoms with Crippen LogP contribution in [0.25, 0.3) is 0 Å². The summed E-state index contributed by atoms with van der Waals surface area (Å²) in [5, 5.41) is 0. The molecular formula is C32H54. The van der Waals surface area contributed by atoms with Crippen molar-refractivity contribution in [3.8, 4) is 0 Å². The fourth-order valence-corrected chi connectivity index (χ4v) is 7.07. The van der Waals surface area contributed by atoms with Crippen LogP contribution in [-0.4, -0.2) is 0 Å². The van der Waals surface area contributed by atoms with E-state index in [9.17, 15) is 0 Å². The fraction of sp³-hybridized carbons (Fsp3) is 0.812. The molecule has 0 bridgehead atoms. The van der Waals surface area contributed by atoms with Crippen LogP contribution in [-0.2, 0) is 0 Å². The topological polar surface area (TPSA) is 0 Å². The molecule has 3 aliphatic rings. The predicted molar refractivity (Wildman–Crippen MR) is 143 cm³/mol. The molecule has 0 saturated heterocycles. The molecule has 0 unspecified atom stereocenters. The summed E-state index contributed by atoms with van der Waals surface area (Å²) < 4.78 is 0. The number of hydrogen-bond donors (Lipinski definition) is 0. The third kappa shape index (κ3) is 7.92. The minimum atomic E-state index is 0.419. The Hall–Kier alpha value is -0.780. The van der Waals surface area contributed by atoms with Crippen molar-refractivity contribution in [3.63, 3.8) is 0 Å². The lowest BCUT2D eigenvalue weighted by atomic mass is 9.69. The first-order chi connectivity index (χ1) is 15.5. The van der Waals surface area contributed by atoms with Crippen molar-refractivity contribution in [3.05, 3.63) is 36.5 Å². The number of hydrogen-bond acceptors (Lipinski definition) is 0. The van der Waals surface area contributed by atoms with E-state index >= 15 is 0 Å². The first-order valence-corrected chi connectivity index (χ1v) is 14.5. The number of allylic oxidation sites excluding steroid dienone is 5. The summed E-state index contributed by atoms with van der Waals surface area (Å²) in [5.41, 5.74) is 2.27. The van der Waals surface area contributed by atoms with Gasteiger partial charge in [-0.05, 0) is 131 Å². The molecule has 3 rings (SSSR count). The zero-order valence-electron chi connectivity index (χ0n) is 21.9. The van der Waals surface area contributed by atoms with Gasteiger partial charge in [0, 0.05) is 0 Å². The molecule has 32 heavy (non-hydrogen) atoms. The van der Waals surface area contributed by atoms with E-state index in [1.54, 1.807) is 0 Å². The maximum atomic E-state index is 4.14. The Morgan fingerprint density at radius 1 is 0.906 bits per heavy atom. The lowest BCUT2D eigenvalue weighted by Crippen LogP contribution is -2.25. The van der Waals surface area contributed by atoms with Gasteiger partial charge in [0.05, 0.1) is 0 Å². The highest BCUT2D eigenvalue weighted by atomic mass is 14.4. The average molecular weight is 439 g/mol. The second-order valence-electron chi connectivity index (χ2n) is 12.4. The molecule has 3 aliphatic carbocycles. The molecule has 0 amide bonds. The largest absolute Gasteiger partial charge is 0.103 e. The summed E-state index contributed by atoms with van der Waals surface area (Å²) >= 11 is 0. The third-order valence-corrected chi connectivity index (χ3v) is 9.64. The van der Waals surface area contributed by atoms with E-state index in [0.717, 1.165) is 23.7 Å². The zero-order valence-corrected chi connectivity index (χ0v) is 21.9. The zero-order chi connectivity index (χ0) is 22.8. The summed E-state index contributed by atoms with van der Waals surface area (Å²) in [6.45, 7) is 11.4. The van der Waals surface area contributed by atoms with Crippen molar-refractivity contribution in [2.45, 2.75) is 130 Å². The highest BCUT2D eigenvalue weighted by molar-refractivity contribution is 5.11. The molecule has 1 fully saturated rings. The average Bonchev–Trinajstić information content (AvgIpc) is 3.09. The van der Waals surface area contributed by atoms with Crippen LogP contribution in [0.3, 0.4) is 0 Å². The lowest BCUT2D eigenvalue weighted by molar-refractivity contribution is 0.185. The molecule has 0 aliphatic heterocycles. The van der Waals surface area contributed by atoms with E-state index in [-0.39, 0.29) is 0 Å². The molecule has 0 heteroatoms. The van der Waals surface area contributed by atoms with Gasteiger partial charge in [0.15, 0.2) is 0 Å². The molecule has 0 radical (unpaired) electrons. The minimum absolute atomic E-state index is 0.419. The minimum Gasteiger partial charge on any atom is -0.103 e. The van der Waals surface area contributed by atoms with Gasteiger partial charge in [-0.15, -0.1) is 6.58 Å². The Kier molecular flexibility index (Phi) is 10.7. The Morgan fingerprint density at radius 2 is 1.56 bits per heavy atom. The van der Waals surface area contributed by atoms with E-state index < -0.39 is 0 Å². The summed E-state index contributed by atoms with van der Waals surface area (Å²) in [6.07, 6.45) is 33.8. The van der Waals surface area contributed by atoms with E-state index in [1.165, 1.54) is 109 Å². The van der Waals surface area contributed by atoms with Crippen molar-refractivity contribution in [1.82, 2.24) is 0 Å². The van der Waals surface area contributed by atoms with Crippen molar-refractivity contribution in [2.24, 2.45) is 35.0 Å². The molecule has 0 aromatic heterocycles. The SMILES string of the molecule is C=C[C@@H](CCC)C(C)(C)CCC1CCC(C2=CC[C@H](CCC3CCC=CCC3)CC2)CC1. The van der Waals surface area contributed by atoms with Crippen molar-refractivity contribution in [1.29, 1.82) is 0 Å². The summed E-state index contributed by atoms with van der Waals surface area (Å²) in [7, 11) is 0. The van der Waals surface area contributed by atoms with Gasteiger partial charge in [-0.1, -0.05) is 63.5 Å². The normalized spacial score (nSPS) is 28.7. The second kappa shape index (κ2) is 13.2. The van der Waals surface area contributed by atoms with Crippen molar-refractivity contribution in [2.75, 3.05) is 0 Å². The first kappa shape index (κ1) is 25.8. The smallest absolute Gasteiger partial charge is 0.0185 e. The third-order valence-electron chi connectivity index (χ3n) is 9.64. The van der Waals surface area contributed by atoms with Gasteiger partial charge in [-0.3, -0.25) is 0 Å². The molecular weight excluding hydrogens is 384 g/mol. The van der Waals surface area contributed by atoms with Gasteiger partial charge < -0.3 is 0 Å². The van der Waals surface area contributed by atoms with Crippen LogP contribution >= 0.6 is 0 Å². The Balaban J connectivity index is 1.35. The summed E-state index contributed by atoms with van der Waals surface area (Å²) in [5.74, 6) is 4.56. The van der Waals surface area contributed by atoms with E-state index in [4.69, 9.17) is 0 Å². The quantitative estimate of drug-likeness (QED) is 0.281. The van der Waals surface area contributed by atoms with E-state index in [1.807, 2.05) is 5.57 Å². The van der Waals surface area contributed by atoms with Gasteiger partial charge in [0.1, 0.15) is 0 Å². The Labute approximate surface area is 201 Å². The molecule has 0 spiro atoms. The molecule has 182 valence electrons. The molecule has 0 nitrogen and oxygen atoms in total. The van der Waals surface area contributed by atoms with Crippen LogP contribution in [0.2, 0.25) is 0 Å². The molecule has 0 aromatic carbocycles. The molecule has 0 heterocycles. The van der Waals surface area contributed by atoms with Gasteiger partial charge in [-0.25, -0.2) is 0 Å². The second-order valence-corrected chi connectivity index (χ2v) is 12.4. The van der Waals surface area contributed by atoms with Gasteiger partial charge >= 0.3 is 0 Å². The van der Waals surface area contributed by atoms with Crippen LogP contribution in [0.1, 0.15) is 130 Å². The predicted octanol–water partition coefficient (Wildman–Crippen LogP) is 10.5. The monoisotopic (exact) mass is 438 g/mol.